The second-order valence-corrected chi connectivity index (χ2v) is 13.4. The van der Waals surface area contributed by atoms with E-state index in [4.69, 9.17) is 0 Å². The number of fused-ring (bicyclic) bond motifs is 3. The largest absolute Gasteiger partial charge is 0.309 e. The Bertz CT molecular complexity index is 2670. The molecular formula is C50H38N2. The van der Waals surface area contributed by atoms with Crippen molar-refractivity contribution in [3.8, 4) is 39.1 Å². The summed E-state index contributed by atoms with van der Waals surface area (Å²) in [6.07, 6.45) is 0. The summed E-state index contributed by atoms with van der Waals surface area (Å²) in [6, 6.07) is 70.2. The van der Waals surface area contributed by atoms with Gasteiger partial charge in [-0.25, -0.2) is 0 Å². The molecule has 1 aromatic heterocycles. The summed E-state index contributed by atoms with van der Waals surface area (Å²) in [7, 11) is 0. The fourth-order valence-electron chi connectivity index (χ4n) is 7.94. The van der Waals surface area contributed by atoms with Gasteiger partial charge in [0, 0.05) is 27.6 Å². The van der Waals surface area contributed by atoms with Crippen LogP contribution in [0.2, 0.25) is 0 Å². The van der Waals surface area contributed by atoms with Crippen LogP contribution in [0, 0.1) is 13.8 Å². The number of aryl methyl sites for hydroxylation is 2. The highest BCUT2D eigenvalue weighted by Crippen LogP contribution is 2.47. The van der Waals surface area contributed by atoms with Crippen molar-refractivity contribution in [1.82, 2.24) is 4.57 Å². The number of rotatable bonds is 7. The zero-order valence-electron chi connectivity index (χ0n) is 29.4. The van der Waals surface area contributed by atoms with E-state index in [1.165, 1.54) is 72.0 Å². The Balaban J connectivity index is 1.33. The Morgan fingerprint density at radius 2 is 0.923 bits per heavy atom. The first-order valence-electron chi connectivity index (χ1n) is 18.0. The summed E-state index contributed by atoms with van der Waals surface area (Å²) in [4.78, 5) is 2.45. The third-order valence-electron chi connectivity index (χ3n) is 10.3. The lowest BCUT2D eigenvalue weighted by atomic mass is 9.94. The van der Waals surface area contributed by atoms with Gasteiger partial charge >= 0.3 is 0 Å². The van der Waals surface area contributed by atoms with Gasteiger partial charge < -0.3 is 9.47 Å². The minimum atomic E-state index is 1.10. The molecule has 0 saturated heterocycles. The number of nitrogens with zero attached hydrogens (tertiary/aromatic N) is 2. The van der Waals surface area contributed by atoms with E-state index in [1.54, 1.807) is 0 Å². The van der Waals surface area contributed by atoms with E-state index in [0.717, 1.165) is 17.1 Å². The maximum absolute atomic E-state index is 2.47. The summed E-state index contributed by atoms with van der Waals surface area (Å²) in [5.41, 5.74) is 16.7. The molecule has 0 aliphatic heterocycles. The molecule has 2 nitrogen and oxygen atoms in total. The lowest BCUT2D eigenvalue weighted by molar-refractivity contribution is 1.18. The Kier molecular flexibility index (Phi) is 7.98. The van der Waals surface area contributed by atoms with Crippen molar-refractivity contribution in [2.24, 2.45) is 0 Å². The molecule has 0 atom stereocenters. The molecule has 9 aromatic rings. The monoisotopic (exact) mass is 666 g/mol. The molecule has 248 valence electrons. The van der Waals surface area contributed by atoms with Crippen molar-refractivity contribution in [3.63, 3.8) is 0 Å². The summed E-state index contributed by atoms with van der Waals surface area (Å²) >= 11 is 0. The molecule has 52 heavy (non-hydrogen) atoms. The first-order chi connectivity index (χ1) is 25.7. The van der Waals surface area contributed by atoms with Crippen molar-refractivity contribution in [2.75, 3.05) is 4.90 Å². The summed E-state index contributed by atoms with van der Waals surface area (Å²) in [5, 5.41) is 2.43. The molecule has 0 amide bonds. The van der Waals surface area contributed by atoms with Crippen LogP contribution in [0.1, 0.15) is 11.1 Å². The average Bonchev–Trinajstić information content (AvgIpc) is 3.54. The molecule has 0 saturated carbocycles. The van der Waals surface area contributed by atoms with E-state index in [1.807, 2.05) is 0 Å². The molecule has 2 heteroatoms. The fraction of sp³-hybridized carbons (Fsp3) is 0.0400. The lowest BCUT2D eigenvalue weighted by Crippen LogP contribution is -2.11. The molecule has 0 aliphatic carbocycles. The topological polar surface area (TPSA) is 8.17 Å². The van der Waals surface area contributed by atoms with E-state index in [-0.39, 0.29) is 0 Å². The van der Waals surface area contributed by atoms with Gasteiger partial charge in [0.25, 0.3) is 0 Å². The molecule has 0 fully saturated rings. The van der Waals surface area contributed by atoms with Crippen LogP contribution >= 0.6 is 0 Å². The molecule has 0 N–H and O–H groups in total. The molecule has 9 rings (SSSR count). The number of para-hydroxylation sites is 3. The molecule has 0 aliphatic rings. The Labute approximate surface area is 305 Å². The standard InChI is InChI=1S/C50H38N2/c1-35-17-15-18-36(2)49(35)42-24-10-13-27-45(42)52-46-28-14-11-25-43(46)50-47(29-16-30-48(50)52)51(40-33-31-38(32-34-40)37-19-5-3-6-20-37)44-26-12-9-23-41(44)39-21-7-4-8-22-39/h3-34H,1-2H3. The third-order valence-corrected chi connectivity index (χ3v) is 10.3. The van der Waals surface area contributed by atoms with Gasteiger partial charge in [-0.15, -0.1) is 0 Å². The molecule has 0 bridgehead atoms. The van der Waals surface area contributed by atoms with Gasteiger partial charge in [-0.3, -0.25) is 0 Å². The van der Waals surface area contributed by atoms with E-state index in [2.05, 4.69) is 217 Å². The van der Waals surface area contributed by atoms with Crippen molar-refractivity contribution < 1.29 is 0 Å². The minimum absolute atomic E-state index is 1.10. The lowest BCUT2D eigenvalue weighted by Gasteiger charge is -2.29. The van der Waals surface area contributed by atoms with Crippen molar-refractivity contribution >= 4 is 38.9 Å². The van der Waals surface area contributed by atoms with Crippen LogP contribution in [0.25, 0.3) is 60.9 Å². The highest BCUT2D eigenvalue weighted by molar-refractivity contribution is 6.17. The fourth-order valence-corrected chi connectivity index (χ4v) is 7.94. The van der Waals surface area contributed by atoms with Gasteiger partial charge in [-0.05, 0) is 89.7 Å². The molecule has 0 unspecified atom stereocenters. The van der Waals surface area contributed by atoms with Crippen LogP contribution in [-0.2, 0) is 0 Å². The number of anilines is 3. The molecule has 8 aromatic carbocycles. The first kappa shape index (κ1) is 31.3. The first-order valence-corrected chi connectivity index (χ1v) is 18.0. The van der Waals surface area contributed by atoms with Crippen LogP contribution in [0.4, 0.5) is 17.1 Å². The second-order valence-electron chi connectivity index (χ2n) is 13.4. The quantitative estimate of drug-likeness (QED) is 0.164. The number of hydrogen-bond acceptors (Lipinski definition) is 1. The Morgan fingerprint density at radius 1 is 0.385 bits per heavy atom. The molecule has 0 spiro atoms. The third kappa shape index (κ3) is 5.37. The number of benzene rings is 8. The smallest absolute Gasteiger partial charge is 0.0562 e. The van der Waals surface area contributed by atoms with Crippen molar-refractivity contribution in [3.05, 3.63) is 205 Å². The summed E-state index contributed by atoms with van der Waals surface area (Å²) in [5.74, 6) is 0. The predicted molar refractivity (Wildman–Crippen MR) is 221 cm³/mol. The van der Waals surface area contributed by atoms with E-state index in [9.17, 15) is 0 Å². The maximum atomic E-state index is 2.47. The Morgan fingerprint density at radius 3 is 1.67 bits per heavy atom. The van der Waals surface area contributed by atoms with Crippen LogP contribution in [-0.4, -0.2) is 4.57 Å². The van der Waals surface area contributed by atoms with E-state index < -0.39 is 0 Å². The molecule has 0 radical (unpaired) electrons. The normalized spacial score (nSPS) is 11.3. The van der Waals surface area contributed by atoms with Gasteiger partial charge in [0.05, 0.1) is 28.1 Å². The zero-order valence-corrected chi connectivity index (χ0v) is 29.4. The summed E-state index contributed by atoms with van der Waals surface area (Å²) in [6.45, 7) is 4.43. The van der Waals surface area contributed by atoms with Crippen LogP contribution < -0.4 is 4.90 Å². The SMILES string of the molecule is Cc1cccc(C)c1-c1ccccc1-n1c2ccccc2c2c(N(c3ccc(-c4ccccc4)cc3)c3ccccc3-c3ccccc3)cccc21. The number of aromatic nitrogens is 1. The van der Waals surface area contributed by atoms with E-state index >= 15 is 0 Å². The van der Waals surface area contributed by atoms with Gasteiger partial charge in [-0.2, -0.15) is 0 Å². The van der Waals surface area contributed by atoms with E-state index in [0.29, 0.717) is 0 Å². The zero-order chi connectivity index (χ0) is 35.0. The highest BCUT2D eigenvalue weighted by atomic mass is 15.2. The molecular weight excluding hydrogens is 629 g/mol. The highest BCUT2D eigenvalue weighted by Gasteiger charge is 2.24. The molecule has 1 heterocycles. The summed E-state index contributed by atoms with van der Waals surface area (Å²) < 4.78 is 2.47. The predicted octanol–water partition coefficient (Wildman–Crippen LogP) is 13.9. The maximum Gasteiger partial charge on any atom is 0.0562 e. The number of hydrogen-bond donors (Lipinski definition) is 0. The van der Waals surface area contributed by atoms with Gasteiger partial charge in [0.1, 0.15) is 0 Å². The Hall–Kier alpha value is -6.64. The van der Waals surface area contributed by atoms with Crippen LogP contribution in [0.3, 0.4) is 0 Å². The van der Waals surface area contributed by atoms with Gasteiger partial charge in [0.2, 0.25) is 0 Å². The average molecular weight is 667 g/mol. The van der Waals surface area contributed by atoms with Crippen LogP contribution in [0.5, 0.6) is 0 Å². The van der Waals surface area contributed by atoms with Crippen molar-refractivity contribution in [1.29, 1.82) is 0 Å². The van der Waals surface area contributed by atoms with Gasteiger partial charge in [-0.1, -0.05) is 152 Å². The van der Waals surface area contributed by atoms with Gasteiger partial charge in [0.15, 0.2) is 0 Å². The minimum Gasteiger partial charge on any atom is -0.309 e. The van der Waals surface area contributed by atoms with Crippen LogP contribution in [0.15, 0.2) is 194 Å². The second kappa shape index (κ2) is 13.2. The van der Waals surface area contributed by atoms with Crippen molar-refractivity contribution in [2.45, 2.75) is 13.8 Å².